The van der Waals surface area contributed by atoms with Crippen molar-refractivity contribution in [2.45, 2.75) is 64.0 Å². The molecule has 150 valence electrons. The minimum atomic E-state index is 0.119. The molecule has 3 rings (SSSR count). The van der Waals surface area contributed by atoms with Gasteiger partial charge in [-0.05, 0) is 75.3 Å². The monoisotopic (exact) mass is 374 g/mol. The fourth-order valence-corrected chi connectivity index (χ4v) is 4.30. The summed E-state index contributed by atoms with van der Waals surface area (Å²) >= 11 is 0. The number of hydrogen-bond acceptors (Lipinski definition) is 4. The molecule has 0 unspecified atom stereocenters. The van der Waals surface area contributed by atoms with E-state index in [1.165, 1.54) is 38.6 Å². The number of carbonyl (C=O) groups excluding carboxylic acids is 1. The van der Waals surface area contributed by atoms with E-state index in [4.69, 9.17) is 9.47 Å². The molecule has 2 aliphatic rings. The van der Waals surface area contributed by atoms with Gasteiger partial charge in [-0.15, -0.1) is 0 Å². The third-order valence-electron chi connectivity index (χ3n) is 6.29. The molecule has 1 amide bonds. The molecule has 2 atom stereocenters. The number of piperidine rings is 1. The Morgan fingerprint density at radius 1 is 1.22 bits per heavy atom. The lowest BCUT2D eigenvalue weighted by Gasteiger charge is -2.43. The summed E-state index contributed by atoms with van der Waals surface area (Å²) < 4.78 is 10.7. The Bertz CT molecular complexity index is 630. The number of aryl methyl sites for hydroxylation is 1. The number of nitrogens with one attached hydrogen (secondary N) is 1. The van der Waals surface area contributed by atoms with E-state index in [1.54, 1.807) is 14.2 Å². The second-order valence-corrected chi connectivity index (χ2v) is 8.02. The zero-order valence-corrected chi connectivity index (χ0v) is 17.0. The maximum atomic E-state index is 12.5. The lowest BCUT2D eigenvalue weighted by atomic mass is 9.85. The van der Waals surface area contributed by atoms with Crippen LogP contribution >= 0.6 is 0 Å². The van der Waals surface area contributed by atoms with Gasteiger partial charge in [0.1, 0.15) is 11.5 Å². The Kier molecular flexibility index (Phi) is 7.00. The molecule has 0 spiro atoms. The van der Waals surface area contributed by atoms with Gasteiger partial charge >= 0.3 is 0 Å². The van der Waals surface area contributed by atoms with E-state index < -0.39 is 0 Å². The lowest BCUT2D eigenvalue weighted by Crippen LogP contribution is -2.50. The molecule has 0 radical (unpaired) electrons. The first-order chi connectivity index (χ1) is 13.1. The minimum absolute atomic E-state index is 0.119. The first-order valence-electron chi connectivity index (χ1n) is 10.3. The van der Waals surface area contributed by atoms with Gasteiger partial charge in [-0.3, -0.25) is 4.79 Å². The summed E-state index contributed by atoms with van der Waals surface area (Å²) in [5.41, 5.74) is 1.01. The van der Waals surface area contributed by atoms with Crippen LogP contribution in [0.1, 0.15) is 51.0 Å². The highest BCUT2D eigenvalue weighted by Gasteiger charge is 2.31. The summed E-state index contributed by atoms with van der Waals surface area (Å²) in [7, 11) is 3.31. The first-order valence-corrected chi connectivity index (χ1v) is 10.3. The molecule has 1 saturated heterocycles. The summed E-state index contributed by atoms with van der Waals surface area (Å²) in [5, 5.41) is 3.24. The number of methoxy groups -OCH3 is 2. The van der Waals surface area contributed by atoms with E-state index in [0.717, 1.165) is 29.6 Å². The number of rotatable bonds is 8. The van der Waals surface area contributed by atoms with Gasteiger partial charge in [-0.1, -0.05) is 6.42 Å². The van der Waals surface area contributed by atoms with Crippen LogP contribution in [0.15, 0.2) is 18.2 Å². The molecule has 5 nitrogen and oxygen atoms in total. The van der Waals surface area contributed by atoms with Crippen LogP contribution in [0.5, 0.6) is 11.5 Å². The molecular formula is C22H34N2O3. The fourth-order valence-electron chi connectivity index (χ4n) is 4.30. The van der Waals surface area contributed by atoms with Crippen LogP contribution in [0.2, 0.25) is 0 Å². The second-order valence-electron chi connectivity index (χ2n) is 8.02. The van der Waals surface area contributed by atoms with Crippen molar-refractivity contribution >= 4 is 5.91 Å². The van der Waals surface area contributed by atoms with Gasteiger partial charge in [0.2, 0.25) is 5.91 Å². The molecule has 5 heteroatoms. The molecule has 1 aromatic carbocycles. The number of benzene rings is 1. The average Bonchev–Trinajstić information content (AvgIpc) is 2.65. The maximum absolute atomic E-state index is 12.5. The highest BCUT2D eigenvalue weighted by Crippen LogP contribution is 2.30. The van der Waals surface area contributed by atoms with Crippen molar-refractivity contribution in [3.8, 4) is 11.5 Å². The molecule has 0 bridgehead atoms. The number of amides is 1. The van der Waals surface area contributed by atoms with Crippen LogP contribution in [0.4, 0.5) is 0 Å². The van der Waals surface area contributed by atoms with Crippen molar-refractivity contribution in [1.82, 2.24) is 10.2 Å². The number of hydrogen-bond donors (Lipinski definition) is 1. The zero-order chi connectivity index (χ0) is 19.2. The number of likely N-dealkylation sites (tertiary alicyclic amines) is 1. The van der Waals surface area contributed by atoms with Gasteiger partial charge in [0.25, 0.3) is 0 Å². The van der Waals surface area contributed by atoms with Crippen LogP contribution in [-0.2, 0) is 11.2 Å². The predicted molar refractivity (Wildman–Crippen MR) is 107 cm³/mol. The van der Waals surface area contributed by atoms with Gasteiger partial charge in [-0.2, -0.15) is 0 Å². The van der Waals surface area contributed by atoms with E-state index in [9.17, 15) is 4.79 Å². The van der Waals surface area contributed by atoms with Crippen molar-refractivity contribution in [2.75, 3.05) is 27.3 Å². The van der Waals surface area contributed by atoms with E-state index >= 15 is 0 Å². The summed E-state index contributed by atoms with van der Waals surface area (Å²) in [6.07, 6.45) is 7.68. The van der Waals surface area contributed by atoms with Gasteiger partial charge < -0.3 is 19.7 Å². The average molecular weight is 375 g/mol. The maximum Gasteiger partial charge on any atom is 0.220 e. The topological polar surface area (TPSA) is 50.8 Å². The van der Waals surface area contributed by atoms with Gasteiger partial charge in [0, 0.05) is 25.0 Å². The molecule has 1 saturated carbocycles. The number of carbonyl (C=O) groups is 1. The van der Waals surface area contributed by atoms with Crippen LogP contribution in [0.25, 0.3) is 0 Å². The molecular weight excluding hydrogens is 340 g/mol. The Morgan fingerprint density at radius 2 is 2.04 bits per heavy atom. The normalized spacial score (nSPS) is 22.0. The van der Waals surface area contributed by atoms with Crippen molar-refractivity contribution < 1.29 is 14.3 Å². The van der Waals surface area contributed by atoms with Crippen molar-refractivity contribution in [2.24, 2.45) is 5.92 Å². The van der Waals surface area contributed by atoms with Crippen LogP contribution in [-0.4, -0.2) is 50.2 Å². The third-order valence-corrected chi connectivity index (χ3v) is 6.29. The van der Waals surface area contributed by atoms with Crippen LogP contribution in [0.3, 0.4) is 0 Å². The van der Waals surface area contributed by atoms with E-state index in [0.29, 0.717) is 18.8 Å². The minimum Gasteiger partial charge on any atom is -0.497 e. The third kappa shape index (κ3) is 5.16. The van der Waals surface area contributed by atoms with E-state index in [1.807, 2.05) is 18.2 Å². The summed E-state index contributed by atoms with van der Waals surface area (Å²) in [6, 6.07) is 6.75. The van der Waals surface area contributed by atoms with Gasteiger partial charge in [0.05, 0.1) is 14.2 Å². The Labute approximate surface area is 163 Å². The standard InChI is InChI=1S/C22H34N2O3/c1-16(18-6-5-13-24(15-18)19-7-4-8-19)23-22(25)12-9-17-14-20(26-2)10-11-21(17)27-3/h10-11,14,16,18-19H,4-9,12-13,15H2,1-3H3,(H,23,25)/t16-,18-/m0/s1. The fraction of sp³-hybridized carbons (Fsp3) is 0.682. The SMILES string of the molecule is COc1ccc(OC)c(CCC(=O)N[C@@H](C)[C@H]2CCCN(C3CCC3)C2)c1. The number of nitrogens with zero attached hydrogens (tertiary/aromatic N) is 1. The number of ether oxygens (including phenoxy) is 2. The molecule has 1 N–H and O–H groups in total. The van der Waals surface area contributed by atoms with Crippen molar-refractivity contribution in [3.63, 3.8) is 0 Å². The Balaban J connectivity index is 1.48. The molecule has 1 heterocycles. The Morgan fingerprint density at radius 3 is 2.70 bits per heavy atom. The largest absolute Gasteiger partial charge is 0.497 e. The van der Waals surface area contributed by atoms with Crippen LogP contribution in [0, 0.1) is 5.92 Å². The summed E-state index contributed by atoms with van der Waals surface area (Å²) in [4.78, 5) is 15.2. The predicted octanol–water partition coefficient (Wildman–Crippen LogP) is 3.41. The van der Waals surface area contributed by atoms with Crippen molar-refractivity contribution in [1.29, 1.82) is 0 Å². The molecule has 1 aliphatic carbocycles. The van der Waals surface area contributed by atoms with Crippen molar-refractivity contribution in [3.05, 3.63) is 23.8 Å². The summed E-state index contributed by atoms with van der Waals surface area (Å²) in [6.45, 7) is 4.53. The highest BCUT2D eigenvalue weighted by molar-refractivity contribution is 5.76. The quantitative estimate of drug-likeness (QED) is 0.758. The van der Waals surface area contributed by atoms with Gasteiger partial charge in [-0.25, -0.2) is 0 Å². The van der Waals surface area contributed by atoms with E-state index in [2.05, 4.69) is 17.1 Å². The molecule has 2 fully saturated rings. The first kappa shape index (κ1) is 20.0. The highest BCUT2D eigenvalue weighted by atomic mass is 16.5. The van der Waals surface area contributed by atoms with Crippen LogP contribution < -0.4 is 14.8 Å². The van der Waals surface area contributed by atoms with E-state index in [-0.39, 0.29) is 11.9 Å². The molecule has 1 aliphatic heterocycles. The lowest BCUT2D eigenvalue weighted by molar-refractivity contribution is -0.122. The van der Waals surface area contributed by atoms with Gasteiger partial charge in [0.15, 0.2) is 0 Å². The zero-order valence-electron chi connectivity index (χ0n) is 17.0. The molecule has 27 heavy (non-hydrogen) atoms. The Hall–Kier alpha value is -1.75. The molecule has 0 aromatic heterocycles. The smallest absolute Gasteiger partial charge is 0.220 e. The molecule has 1 aromatic rings. The summed E-state index contributed by atoms with van der Waals surface area (Å²) in [5.74, 6) is 2.28. The second kappa shape index (κ2) is 9.45.